The molecule has 21 heavy (non-hydrogen) atoms. The molecule has 0 unspecified atom stereocenters. The maximum atomic E-state index is 11.4. The van der Waals surface area contributed by atoms with E-state index in [0.29, 0.717) is 38.7 Å². The molecule has 1 N–H and O–H groups in total. The zero-order valence-electron chi connectivity index (χ0n) is 13.7. The van der Waals surface area contributed by atoms with Gasteiger partial charge in [0.2, 0.25) is 5.91 Å². The van der Waals surface area contributed by atoms with Crippen LogP contribution in [0.15, 0.2) is 0 Å². The minimum Gasteiger partial charge on any atom is -0.379 e. The lowest BCUT2D eigenvalue weighted by Crippen LogP contribution is -2.27. The molecule has 0 radical (unpaired) electrons. The van der Waals surface area contributed by atoms with Crippen LogP contribution >= 0.6 is 11.6 Å². The third kappa shape index (κ3) is 17.6. The van der Waals surface area contributed by atoms with E-state index >= 15 is 0 Å². The van der Waals surface area contributed by atoms with E-state index in [-0.39, 0.29) is 5.91 Å². The number of alkyl halides is 1. The summed E-state index contributed by atoms with van der Waals surface area (Å²) in [6.07, 6.45) is 6.07. The fourth-order valence-corrected chi connectivity index (χ4v) is 1.93. The Kier molecular flexibility index (Phi) is 15.8. The number of halogens is 1. The monoisotopic (exact) mass is 321 g/mol. The molecule has 0 aromatic heterocycles. The standard InChI is InChI=1S/C16H32ClNO3/c1-15(2)7-8-16(19)18-10-12-21-14-13-20-11-6-4-3-5-9-17/h15H,3-14H2,1-2H3,(H,18,19). The van der Waals surface area contributed by atoms with Crippen LogP contribution in [0.5, 0.6) is 0 Å². The van der Waals surface area contributed by atoms with E-state index < -0.39 is 0 Å². The van der Waals surface area contributed by atoms with Gasteiger partial charge in [0.15, 0.2) is 0 Å². The molecule has 126 valence electrons. The molecule has 0 aliphatic rings. The molecule has 0 aromatic rings. The second-order valence-corrected chi connectivity index (χ2v) is 5.99. The zero-order valence-corrected chi connectivity index (χ0v) is 14.4. The third-order valence-corrected chi connectivity index (χ3v) is 3.33. The molecule has 4 nitrogen and oxygen atoms in total. The first-order valence-corrected chi connectivity index (χ1v) is 8.68. The first kappa shape index (κ1) is 20.7. The molecule has 0 heterocycles. The molecule has 1 amide bonds. The molecule has 0 saturated carbocycles. The van der Waals surface area contributed by atoms with Crippen LogP contribution in [0.4, 0.5) is 0 Å². The summed E-state index contributed by atoms with van der Waals surface area (Å²) < 4.78 is 10.9. The number of hydrogen-bond acceptors (Lipinski definition) is 3. The predicted molar refractivity (Wildman–Crippen MR) is 87.9 cm³/mol. The summed E-state index contributed by atoms with van der Waals surface area (Å²) in [5, 5.41) is 2.85. The van der Waals surface area contributed by atoms with Gasteiger partial charge in [0.25, 0.3) is 0 Å². The van der Waals surface area contributed by atoms with Gasteiger partial charge in [-0.2, -0.15) is 0 Å². The van der Waals surface area contributed by atoms with E-state index in [9.17, 15) is 4.79 Å². The SMILES string of the molecule is CC(C)CCC(=O)NCCOCCOCCCCCCCl. The van der Waals surface area contributed by atoms with Gasteiger partial charge in [-0.25, -0.2) is 0 Å². The fraction of sp³-hybridized carbons (Fsp3) is 0.938. The number of ether oxygens (including phenoxy) is 2. The highest BCUT2D eigenvalue weighted by molar-refractivity contribution is 6.17. The molecule has 0 fully saturated rings. The van der Waals surface area contributed by atoms with E-state index in [4.69, 9.17) is 21.1 Å². The predicted octanol–water partition coefficient (Wildman–Crippen LogP) is 3.37. The van der Waals surface area contributed by atoms with E-state index in [1.165, 1.54) is 12.8 Å². The minimum absolute atomic E-state index is 0.112. The van der Waals surface area contributed by atoms with Gasteiger partial charge in [-0.3, -0.25) is 4.79 Å². The van der Waals surface area contributed by atoms with Crippen LogP contribution in [0.2, 0.25) is 0 Å². The summed E-state index contributed by atoms with van der Waals surface area (Å²) in [7, 11) is 0. The number of hydrogen-bond donors (Lipinski definition) is 1. The number of nitrogens with one attached hydrogen (secondary N) is 1. The quantitative estimate of drug-likeness (QED) is 0.371. The Morgan fingerprint density at radius 3 is 2.33 bits per heavy atom. The maximum absolute atomic E-state index is 11.4. The summed E-state index contributed by atoms with van der Waals surface area (Å²) >= 11 is 5.60. The summed E-state index contributed by atoms with van der Waals surface area (Å²) in [6, 6.07) is 0. The van der Waals surface area contributed by atoms with Crippen LogP contribution in [0, 0.1) is 5.92 Å². The highest BCUT2D eigenvalue weighted by Gasteiger charge is 2.02. The average Bonchev–Trinajstić information content (AvgIpc) is 2.46. The van der Waals surface area contributed by atoms with Gasteiger partial charge in [0.1, 0.15) is 0 Å². The summed E-state index contributed by atoms with van der Waals surface area (Å²) in [4.78, 5) is 11.4. The normalized spacial score (nSPS) is 11.0. The highest BCUT2D eigenvalue weighted by Crippen LogP contribution is 2.02. The van der Waals surface area contributed by atoms with Gasteiger partial charge in [-0.15, -0.1) is 11.6 Å². The lowest BCUT2D eigenvalue weighted by molar-refractivity contribution is -0.121. The molecule has 0 rings (SSSR count). The van der Waals surface area contributed by atoms with Crippen LogP contribution < -0.4 is 5.32 Å². The summed E-state index contributed by atoms with van der Waals surface area (Å²) in [5.74, 6) is 1.43. The Bertz CT molecular complexity index is 238. The zero-order chi connectivity index (χ0) is 15.8. The molecule has 0 spiro atoms. The summed E-state index contributed by atoms with van der Waals surface area (Å²) in [5.41, 5.74) is 0. The topological polar surface area (TPSA) is 47.6 Å². The molecule has 0 atom stereocenters. The molecule has 5 heteroatoms. The Balaban J connectivity index is 3.10. The Labute approximate surface area is 134 Å². The van der Waals surface area contributed by atoms with Gasteiger partial charge in [-0.05, 0) is 25.2 Å². The van der Waals surface area contributed by atoms with Crippen molar-refractivity contribution in [3.63, 3.8) is 0 Å². The van der Waals surface area contributed by atoms with Crippen molar-refractivity contribution in [1.82, 2.24) is 5.32 Å². The van der Waals surface area contributed by atoms with Crippen molar-refractivity contribution in [3.8, 4) is 0 Å². The van der Waals surface area contributed by atoms with Crippen molar-refractivity contribution >= 4 is 17.5 Å². The number of carbonyl (C=O) groups excluding carboxylic acids is 1. The first-order valence-electron chi connectivity index (χ1n) is 8.15. The Hall–Kier alpha value is -0.320. The number of unbranched alkanes of at least 4 members (excludes halogenated alkanes) is 3. The lowest BCUT2D eigenvalue weighted by Gasteiger charge is -2.08. The molecular weight excluding hydrogens is 290 g/mol. The fourth-order valence-electron chi connectivity index (χ4n) is 1.74. The number of amides is 1. The average molecular weight is 322 g/mol. The van der Waals surface area contributed by atoms with E-state index in [1.54, 1.807) is 0 Å². The third-order valence-electron chi connectivity index (χ3n) is 3.06. The number of carbonyl (C=O) groups is 1. The summed E-state index contributed by atoms with van der Waals surface area (Å²) in [6.45, 7) is 7.36. The Morgan fingerprint density at radius 2 is 1.67 bits per heavy atom. The van der Waals surface area contributed by atoms with Gasteiger partial charge >= 0.3 is 0 Å². The lowest BCUT2D eigenvalue weighted by atomic mass is 10.1. The van der Waals surface area contributed by atoms with E-state index in [2.05, 4.69) is 19.2 Å². The van der Waals surface area contributed by atoms with E-state index in [0.717, 1.165) is 31.7 Å². The molecule has 0 saturated heterocycles. The van der Waals surface area contributed by atoms with Crippen molar-refractivity contribution < 1.29 is 14.3 Å². The maximum Gasteiger partial charge on any atom is 0.220 e. The largest absolute Gasteiger partial charge is 0.379 e. The second kappa shape index (κ2) is 16.1. The van der Waals surface area contributed by atoms with Crippen LogP contribution in [0.25, 0.3) is 0 Å². The first-order chi connectivity index (χ1) is 10.2. The van der Waals surface area contributed by atoms with Crippen molar-refractivity contribution in [2.75, 3.05) is 38.9 Å². The van der Waals surface area contributed by atoms with Gasteiger partial charge in [0, 0.05) is 25.5 Å². The molecule has 0 aromatic carbocycles. The molecule has 0 aliphatic carbocycles. The van der Waals surface area contributed by atoms with E-state index in [1.807, 2.05) is 0 Å². The minimum atomic E-state index is 0.112. The van der Waals surface area contributed by atoms with Crippen molar-refractivity contribution in [2.45, 2.75) is 52.4 Å². The molecule has 0 bridgehead atoms. The number of rotatable bonds is 15. The van der Waals surface area contributed by atoms with Gasteiger partial charge in [-0.1, -0.05) is 26.7 Å². The van der Waals surface area contributed by atoms with Crippen molar-refractivity contribution in [2.24, 2.45) is 5.92 Å². The van der Waals surface area contributed by atoms with Crippen LogP contribution in [-0.4, -0.2) is 44.8 Å². The van der Waals surface area contributed by atoms with Gasteiger partial charge < -0.3 is 14.8 Å². The van der Waals surface area contributed by atoms with Crippen molar-refractivity contribution in [3.05, 3.63) is 0 Å². The van der Waals surface area contributed by atoms with Crippen molar-refractivity contribution in [1.29, 1.82) is 0 Å². The molecule has 0 aliphatic heterocycles. The second-order valence-electron chi connectivity index (χ2n) is 5.61. The van der Waals surface area contributed by atoms with Crippen LogP contribution in [-0.2, 0) is 14.3 Å². The van der Waals surface area contributed by atoms with Crippen LogP contribution in [0.1, 0.15) is 52.4 Å². The Morgan fingerprint density at radius 1 is 1.00 bits per heavy atom. The smallest absolute Gasteiger partial charge is 0.220 e. The van der Waals surface area contributed by atoms with Gasteiger partial charge in [0.05, 0.1) is 19.8 Å². The molecular formula is C16H32ClNO3. The highest BCUT2D eigenvalue weighted by atomic mass is 35.5. The van der Waals surface area contributed by atoms with Crippen LogP contribution in [0.3, 0.4) is 0 Å².